The molecule has 0 saturated carbocycles. The molecular weight excluding hydrogens is 240 g/mol. The van der Waals surface area contributed by atoms with E-state index in [1.54, 1.807) is 10.6 Å². The van der Waals surface area contributed by atoms with Crippen molar-refractivity contribution < 1.29 is 0 Å². The van der Waals surface area contributed by atoms with Crippen molar-refractivity contribution in [2.45, 2.75) is 78.3 Å². The summed E-state index contributed by atoms with van der Waals surface area (Å²) in [5.74, 6) is 0. The molecule has 1 aliphatic carbocycles. The quantitative estimate of drug-likeness (QED) is 0.768. The molecule has 0 unspecified atom stereocenters. The van der Waals surface area contributed by atoms with E-state index >= 15 is 0 Å². The monoisotopic (exact) mass is 266 g/mol. The second-order valence-corrected chi connectivity index (χ2v) is 7.56. The van der Waals surface area contributed by atoms with Gasteiger partial charge in [-0.25, -0.2) is 0 Å². The molecule has 0 aromatic carbocycles. The number of hydrogen-bond donors (Lipinski definition) is 0. The minimum Gasteiger partial charge on any atom is -0.318 e. The van der Waals surface area contributed by atoms with E-state index in [4.69, 9.17) is 4.99 Å². The Bertz CT molecular complexity index is 489. The predicted molar refractivity (Wildman–Crippen MR) is 79.4 cm³/mol. The summed E-state index contributed by atoms with van der Waals surface area (Å²) >= 11 is 1.92. The Morgan fingerprint density at radius 2 is 1.89 bits per heavy atom. The molecule has 1 aromatic rings. The van der Waals surface area contributed by atoms with Gasteiger partial charge in [0.25, 0.3) is 0 Å². The zero-order chi connectivity index (χ0) is 13.5. The molecule has 2 rings (SSSR count). The molecule has 2 nitrogen and oxygen atoms in total. The van der Waals surface area contributed by atoms with Crippen molar-refractivity contribution in [1.82, 2.24) is 4.57 Å². The molecule has 0 spiro atoms. The van der Waals surface area contributed by atoms with Gasteiger partial charge in [0.2, 0.25) is 0 Å². The lowest BCUT2D eigenvalue weighted by Gasteiger charge is -2.30. The molecule has 0 bridgehead atoms. The molecule has 0 radical (unpaired) electrons. The van der Waals surface area contributed by atoms with Crippen molar-refractivity contribution in [3.8, 4) is 0 Å². The third kappa shape index (κ3) is 2.42. The fourth-order valence-electron chi connectivity index (χ4n) is 2.84. The summed E-state index contributed by atoms with van der Waals surface area (Å²) in [5.41, 5.74) is 1.88. The van der Waals surface area contributed by atoms with E-state index in [1.807, 2.05) is 11.3 Å². The van der Waals surface area contributed by atoms with E-state index in [-0.39, 0.29) is 0 Å². The van der Waals surface area contributed by atoms with Crippen LogP contribution in [0.2, 0.25) is 0 Å². The highest BCUT2D eigenvalue weighted by Gasteiger charge is 2.32. The molecule has 3 heteroatoms. The lowest BCUT2D eigenvalue weighted by Crippen LogP contribution is -2.26. The van der Waals surface area contributed by atoms with Crippen LogP contribution in [0.25, 0.3) is 0 Å². The van der Waals surface area contributed by atoms with Crippen molar-refractivity contribution in [1.29, 1.82) is 0 Å². The maximum absolute atomic E-state index is 4.83. The summed E-state index contributed by atoms with van der Waals surface area (Å²) < 4.78 is 2.47. The van der Waals surface area contributed by atoms with Crippen LogP contribution < -0.4 is 4.80 Å². The van der Waals surface area contributed by atoms with Gasteiger partial charge in [-0.15, -0.1) is 11.3 Å². The highest BCUT2D eigenvalue weighted by molar-refractivity contribution is 7.09. The van der Waals surface area contributed by atoms with Crippen LogP contribution in [0, 0.1) is 0 Å². The number of aromatic nitrogens is 1. The summed E-state index contributed by atoms with van der Waals surface area (Å²) in [5, 5.41) is 0. The lowest BCUT2D eigenvalue weighted by molar-refractivity contribution is 0.418. The zero-order valence-corrected chi connectivity index (χ0v) is 13.4. The first-order valence-corrected chi connectivity index (χ1v) is 7.93. The molecule has 0 aliphatic heterocycles. The van der Waals surface area contributed by atoms with E-state index in [9.17, 15) is 0 Å². The van der Waals surface area contributed by atoms with Crippen molar-refractivity contribution in [2.24, 2.45) is 4.99 Å². The van der Waals surface area contributed by atoms with Gasteiger partial charge in [0.1, 0.15) is 0 Å². The summed E-state index contributed by atoms with van der Waals surface area (Å²) in [4.78, 5) is 7.63. The van der Waals surface area contributed by atoms with Gasteiger partial charge in [0.05, 0.1) is 0 Å². The highest BCUT2D eigenvalue weighted by Crippen LogP contribution is 2.39. The molecule has 18 heavy (non-hydrogen) atoms. The van der Waals surface area contributed by atoms with Crippen LogP contribution in [-0.2, 0) is 11.8 Å². The van der Waals surface area contributed by atoms with Gasteiger partial charge in [-0.2, -0.15) is 0 Å². The van der Waals surface area contributed by atoms with Crippen molar-refractivity contribution in [2.75, 3.05) is 0 Å². The van der Waals surface area contributed by atoms with Gasteiger partial charge in [-0.1, -0.05) is 13.8 Å². The minimum absolute atomic E-state index is 0.333. The van der Waals surface area contributed by atoms with Gasteiger partial charge in [-0.3, -0.25) is 4.99 Å². The summed E-state index contributed by atoms with van der Waals surface area (Å²) in [6, 6.07) is 0.884. The predicted octanol–water partition coefficient (Wildman–Crippen LogP) is 4.05. The van der Waals surface area contributed by atoms with Gasteiger partial charge < -0.3 is 4.57 Å². The van der Waals surface area contributed by atoms with Gasteiger partial charge in [0, 0.05) is 28.1 Å². The van der Waals surface area contributed by atoms with Gasteiger partial charge >= 0.3 is 0 Å². The smallest absolute Gasteiger partial charge is 0.185 e. The number of hydrogen-bond acceptors (Lipinski definition) is 2. The van der Waals surface area contributed by atoms with Crippen LogP contribution in [0.5, 0.6) is 0 Å². The third-order valence-electron chi connectivity index (χ3n) is 3.67. The molecule has 1 heterocycles. The van der Waals surface area contributed by atoms with E-state index in [0.29, 0.717) is 17.5 Å². The first-order valence-electron chi connectivity index (χ1n) is 7.11. The highest BCUT2D eigenvalue weighted by atomic mass is 32.1. The first kappa shape index (κ1) is 13.9. The Morgan fingerprint density at radius 3 is 2.44 bits per heavy atom. The second-order valence-electron chi connectivity index (χ2n) is 6.58. The summed E-state index contributed by atoms with van der Waals surface area (Å²) in [6.07, 6.45) is 3.84. The van der Waals surface area contributed by atoms with Crippen LogP contribution >= 0.6 is 11.3 Å². The number of fused-ring (bicyclic) bond motifs is 1. The first-order chi connectivity index (χ1) is 8.33. The maximum atomic E-state index is 4.83. The van der Waals surface area contributed by atoms with E-state index in [2.05, 4.69) is 46.1 Å². The number of nitrogens with zero attached hydrogens (tertiary/aromatic N) is 2. The zero-order valence-electron chi connectivity index (χ0n) is 12.6. The molecule has 0 N–H and O–H groups in total. The minimum atomic E-state index is 0.333. The van der Waals surface area contributed by atoms with E-state index in [1.165, 1.54) is 24.1 Å². The molecule has 0 amide bonds. The normalized spacial score (nSPS) is 19.7. The second kappa shape index (κ2) is 4.84. The summed E-state index contributed by atoms with van der Waals surface area (Å²) in [6.45, 7) is 13.6. The third-order valence-corrected chi connectivity index (χ3v) is 5.14. The van der Waals surface area contributed by atoms with E-state index in [0.717, 1.165) is 0 Å². The number of rotatable bonds is 2. The molecule has 0 saturated heterocycles. The standard InChI is InChI=1S/C15H26N2S/c1-10(2)16-14-17(11(3)4)12-8-7-9-15(5,6)13(12)18-14/h10-11H,7-9H2,1-6H3/b16-14-. The van der Waals surface area contributed by atoms with Crippen molar-refractivity contribution in [3.63, 3.8) is 0 Å². The average molecular weight is 266 g/mol. The largest absolute Gasteiger partial charge is 0.318 e. The van der Waals surface area contributed by atoms with Crippen molar-refractivity contribution >= 4 is 11.3 Å². The molecule has 102 valence electrons. The Kier molecular flexibility index (Phi) is 3.72. The summed E-state index contributed by atoms with van der Waals surface area (Å²) in [7, 11) is 0. The van der Waals surface area contributed by atoms with E-state index < -0.39 is 0 Å². The lowest BCUT2D eigenvalue weighted by atomic mass is 9.79. The van der Waals surface area contributed by atoms with Crippen LogP contribution in [0.15, 0.2) is 4.99 Å². The molecule has 1 aliphatic rings. The fraction of sp³-hybridized carbons (Fsp3) is 0.800. The molecule has 1 aromatic heterocycles. The fourth-order valence-corrected chi connectivity index (χ4v) is 4.40. The van der Waals surface area contributed by atoms with Crippen LogP contribution in [0.3, 0.4) is 0 Å². The molecule has 0 fully saturated rings. The van der Waals surface area contributed by atoms with Gasteiger partial charge in [-0.05, 0) is 47.0 Å². The van der Waals surface area contributed by atoms with Gasteiger partial charge in [0.15, 0.2) is 4.80 Å². The molecule has 0 atom stereocenters. The topological polar surface area (TPSA) is 17.3 Å². The number of thiazole rings is 1. The average Bonchev–Trinajstić information content (AvgIpc) is 2.56. The Morgan fingerprint density at radius 1 is 1.22 bits per heavy atom. The Hall–Kier alpha value is -0.570. The Balaban J connectivity index is 2.67. The van der Waals surface area contributed by atoms with Crippen molar-refractivity contribution in [3.05, 3.63) is 15.4 Å². The SMILES string of the molecule is CC(C)/N=c1\sc2c(n1C(C)C)CCCC2(C)C. The van der Waals surface area contributed by atoms with Crippen LogP contribution in [0.1, 0.15) is 71.0 Å². The maximum Gasteiger partial charge on any atom is 0.185 e. The van der Waals surface area contributed by atoms with Crippen LogP contribution in [-0.4, -0.2) is 10.6 Å². The molecular formula is C15H26N2S. The van der Waals surface area contributed by atoms with Crippen LogP contribution in [0.4, 0.5) is 0 Å². The Labute approximate surface area is 115 Å².